The molecule has 8 atom stereocenters. The molecular weight excluding hydrogens is 845 g/mol. The molecule has 12 rings (SSSR count). The molecule has 0 radical (unpaired) electrons. The molecule has 6 aromatic carbocycles. The van der Waals surface area contributed by atoms with Crippen molar-refractivity contribution in [2.24, 2.45) is 11.8 Å². The molecule has 0 unspecified atom stereocenters. The van der Waals surface area contributed by atoms with Crippen LogP contribution in [0.3, 0.4) is 0 Å². The van der Waals surface area contributed by atoms with Crippen molar-refractivity contribution in [1.82, 2.24) is 40.4 Å². The number of aromatic nitrogens is 4. The van der Waals surface area contributed by atoms with Gasteiger partial charge in [-0.05, 0) is 101 Å². The number of hydrogen-bond acceptors (Lipinski definition) is 8. The van der Waals surface area contributed by atoms with Gasteiger partial charge in [0.2, 0.25) is 0 Å². The SMILES string of the molecule is COC(=O)N[C@H](C(=O)N1[C@@H]2CC[C@@H](C2)[C@H]1c1nc2c(ccc3cc(-c4ccc5c(ccc6[nH]c([C@@H]7C[C@H]8C[C@H]8N7C(=O)[C@H](NC(=O)OC)c7ccccc7)nc65)c4)ccc32)[nH]1)c1ccccc1. The number of rotatable bonds is 9. The second-order valence-corrected chi connectivity index (χ2v) is 18.5. The lowest BCUT2D eigenvalue weighted by molar-refractivity contribution is -0.138. The minimum absolute atomic E-state index is 0.0593. The summed E-state index contributed by atoms with van der Waals surface area (Å²) in [6, 6.07) is 37.7. The van der Waals surface area contributed by atoms with Crippen LogP contribution in [-0.4, -0.2) is 80.0 Å². The molecule has 2 aliphatic carbocycles. The molecule has 2 aliphatic heterocycles. The molecule has 2 saturated carbocycles. The van der Waals surface area contributed by atoms with Gasteiger partial charge in [-0.15, -0.1) is 0 Å². The van der Waals surface area contributed by atoms with Gasteiger partial charge in [0.25, 0.3) is 11.8 Å². The summed E-state index contributed by atoms with van der Waals surface area (Å²) in [6.07, 6.45) is 3.24. The number of carbonyl (C=O) groups is 4. The summed E-state index contributed by atoms with van der Waals surface area (Å²) < 4.78 is 9.84. The van der Waals surface area contributed by atoms with Crippen molar-refractivity contribution in [2.45, 2.75) is 68.4 Å². The van der Waals surface area contributed by atoms with Gasteiger partial charge in [-0.3, -0.25) is 9.59 Å². The molecule has 336 valence electrons. The van der Waals surface area contributed by atoms with Crippen molar-refractivity contribution in [2.75, 3.05) is 14.2 Å². The minimum Gasteiger partial charge on any atom is -0.453 e. The van der Waals surface area contributed by atoms with Crippen molar-refractivity contribution >= 4 is 67.6 Å². The number of alkyl carbamates (subject to hydrolysis) is 2. The van der Waals surface area contributed by atoms with Crippen molar-refractivity contribution in [3.05, 3.63) is 144 Å². The van der Waals surface area contributed by atoms with E-state index in [2.05, 4.69) is 81.3 Å². The summed E-state index contributed by atoms with van der Waals surface area (Å²) in [7, 11) is 2.60. The smallest absolute Gasteiger partial charge is 0.407 e. The maximum Gasteiger partial charge on any atom is 0.407 e. The highest BCUT2D eigenvalue weighted by molar-refractivity contribution is 6.07. The molecule has 8 aromatic rings. The number of hydrogen-bond donors (Lipinski definition) is 4. The van der Waals surface area contributed by atoms with E-state index in [9.17, 15) is 19.2 Å². The van der Waals surface area contributed by atoms with Crippen LogP contribution in [0.2, 0.25) is 0 Å². The van der Waals surface area contributed by atoms with E-state index in [-0.39, 0.29) is 41.9 Å². The molecule has 4 aliphatic rings. The maximum absolute atomic E-state index is 14.5. The van der Waals surface area contributed by atoms with E-state index < -0.39 is 24.3 Å². The molecule has 4 heterocycles. The lowest BCUT2D eigenvalue weighted by Crippen LogP contribution is -2.47. The van der Waals surface area contributed by atoms with Gasteiger partial charge in [0.1, 0.15) is 23.7 Å². The van der Waals surface area contributed by atoms with Gasteiger partial charge in [-0.2, -0.15) is 0 Å². The first-order chi connectivity index (χ1) is 32.7. The molecule has 4 fully saturated rings. The zero-order chi connectivity index (χ0) is 45.5. The van der Waals surface area contributed by atoms with Crippen molar-refractivity contribution in [1.29, 1.82) is 0 Å². The summed E-state index contributed by atoms with van der Waals surface area (Å²) >= 11 is 0. The van der Waals surface area contributed by atoms with E-state index in [4.69, 9.17) is 19.4 Å². The molecule has 2 saturated heterocycles. The van der Waals surface area contributed by atoms with Gasteiger partial charge in [0.05, 0.1) is 48.4 Å². The zero-order valence-electron chi connectivity index (χ0n) is 36.9. The fourth-order valence-corrected chi connectivity index (χ4v) is 11.5. The number of carbonyl (C=O) groups excluding carboxylic acids is 4. The summed E-state index contributed by atoms with van der Waals surface area (Å²) in [5.41, 5.74) is 7.03. The average Bonchev–Trinajstić information content (AvgIpc) is 3.96. The third-order valence-electron chi connectivity index (χ3n) is 14.8. The Hall–Kier alpha value is -7.74. The van der Waals surface area contributed by atoms with Gasteiger partial charge in [-0.25, -0.2) is 19.6 Å². The lowest BCUT2D eigenvalue weighted by atomic mass is 9.96. The number of H-pyrrole nitrogens is 2. The first-order valence-corrected chi connectivity index (χ1v) is 23.0. The van der Waals surface area contributed by atoms with Crippen molar-refractivity contribution in [3.8, 4) is 11.1 Å². The Balaban J connectivity index is 0.826. The van der Waals surface area contributed by atoms with Gasteiger partial charge in [0.15, 0.2) is 0 Å². The fraction of sp³-hybridized carbons (Fsp3) is 0.283. The highest BCUT2D eigenvalue weighted by Crippen LogP contribution is 2.54. The zero-order valence-corrected chi connectivity index (χ0v) is 36.9. The van der Waals surface area contributed by atoms with Crippen molar-refractivity contribution in [3.63, 3.8) is 0 Å². The third-order valence-corrected chi connectivity index (χ3v) is 14.8. The largest absolute Gasteiger partial charge is 0.453 e. The van der Waals surface area contributed by atoms with E-state index in [1.807, 2.05) is 70.5 Å². The molecule has 14 heteroatoms. The highest BCUT2D eigenvalue weighted by Gasteiger charge is 2.56. The Bertz CT molecular complexity index is 3280. The van der Waals surface area contributed by atoms with Crippen LogP contribution in [0.15, 0.2) is 121 Å². The number of amides is 4. The Labute approximate surface area is 385 Å². The number of ether oxygens (including phenoxy) is 2. The average molecular weight is 893 g/mol. The first-order valence-electron chi connectivity index (χ1n) is 23.0. The van der Waals surface area contributed by atoms with Gasteiger partial charge in [-0.1, -0.05) is 97.1 Å². The van der Waals surface area contributed by atoms with Gasteiger partial charge in [0, 0.05) is 22.9 Å². The van der Waals surface area contributed by atoms with E-state index in [1.165, 1.54) is 14.2 Å². The number of piperidine rings is 2. The van der Waals surface area contributed by atoms with Crippen LogP contribution in [0.4, 0.5) is 9.59 Å². The maximum atomic E-state index is 14.5. The Kier molecular flexibility index (Phi) is 9.73. The fourth-order valence-electron chi connectivity index (χ4n) is 11.5. The highest BCUT2D eigenvalue weighted by atomic mass is 16.5. The number of nitrogens with zero attached hydrogens (tertiary/aromatic N) is 4. The topological polar surface area (TPSA) is 175 Å². The quantitative estimate of drug-likeness (QED) is 0.111. The molecule has 2 aromatic heterocycles. The van der Waals surface area contributed by atoms with Gasteiger partial charge < -0.3 is 39.9 Å². The van der Waals surface area contributed by atoms with Crippen LogP contribution in [0.1, 0.15) is 79.0 Å². The van der Waals surface area contributed by atoms with E-state index in [0.29, 0.717) is 17.0 Å². The van der Waals surface area contributed by atoms with Crippen LogP contribution >= 0.6 is 0 Å². The summed E-state index contributed by atoms with van der Waals surface area (Å²) in [4.78, 5) is 75.2. The molecule has 14 nitrogen and oxygen atoms in total. The van der Waals surface area contributed by atoms with Crippen LogP contribution in [0.25, 0.3) is 54.7 Å². The number of likely N-dealkylation sites (tertiary alicyclic amines) is 2. The monoisotopic (exact) mass is 892 g/mol. The van der Waals surface area contributed by atoms with E-state index in [1.54, 1.807) is 0 Å². The Morgan fingerprint density at radius 2 is 1.13 bits per heavy atom. The van der Waals surface area contributed by atoms with Crippen molar-refractivity contribution < 1.29 is 28.7 Å². The van der Waals surface area contributed by atoms with Gasteiger partial charge >= 0.3 is 12.2 Å². The number of benzene rings is 6. The van der Waals surface area contributed by atoms with Crippen LogP contribution in [0, 0.1) is 11.8 Å². The Morgan fingerprint density at radius 1 is 0.597 bits per heavy atom. The standard InChI is InChI=1S/C53H48N8O6/c1-66-52(64)58-43(28-9-5-3-6-10-28)50(62)60-36-18-13-34(25-36)47(60)49-55-40-22-17-33-24-31(15-20-38(33)46(40)57-49)30-14-19-37-32(23-30)16-21-39-45(37)56-48(54-39)42-27-35-26-41(35)61(42)51(63)44(59-53(65)67-2)29-11-7-4-8-12-29/h3-12,14-17,19-24,34-36,41-44,47H,13,18,25-27H2,1-2H3,(H,54,56)(H,55,57)(H,58,64)(H,59,65)/t34-,35+,36+,41+,42-,43-,44+,47-/m0/s1. The summed E-state index contributed by atoms with van der Waals surface area (Å²) in [5.74, 6) is 1.81. The predicted octanol–water partition coefficient (Wildman–Crippen LogP) is 9.32. The van der Waals surface area contributed by atoms with Crippen LogP contribution < -0.4 is 10.6 Å². The first kappa shape index (κ1) is 40.7. The summed E-state index contributed by atoms with van der Waals surface area (Å²) in [5, 5.41) is 9.70. The second kappa shape index (κ2) is 16.0. The lowest BCUT2D eigenvalue weighted by Gasteiger charge is -2.36. The number of methoxy groups -OCH3 is 2. The molecule has 2 bridgehead atoms. The van der Waals surface area contributed by atoms with E-state index >= 15 is 0 Å². The normalized spacial score (nSPS) is 22.5. The van der Waals surface area contributed by atoms with Crippen LogP contribution in [-0.2, 0) is 19.1 Å². The Morgan fingerprint density at radius 3 is 1.70 bits per heavy atom. The molecule has 4 amide bonds. The predicted molar refractivity (Wildman–Crippen MR) is 252 cm³/mol. The second-order valence-electron chi connectivity index (χ2n) is 18.5. The number of fused-ring (bicyclic) bond motifs is 9. The minimum atomic E-state index is -0.889. The van der Waals surface area contributed by atoms with Crippen LogP contribution in [0.5, 0.6) is 0 Å². The molecule has 67 heavy (non-hydrogen) atoms. The third kappa shape index (κ3) is 6.92. The molecular formula is C53H48N8O6. The number of aromatic amines is 2. The summed E-state index contributed by atoms with van der Waals surface area (Å²) in [6.45, 7) is 0. The molecule has 4 N–H and O–H groups in total. The molecule has 0 spiro atoms. The number of nitrogens with one attached hydrogen (secondary N) is 4. The number of imidazole rings is 2. The van der Waals surface area contributed by atoms with E-state index in [0.717, 1.165) is 98.5 Å².